The number of hydrogen-bond acceptors (Lipinski definition) is 3. The third kappa shape index (κ3) is 2.23. The molecule has 4 nitrogen and oxygen atoms in total. The molecule has 1 N–H and O–H groups in total. The summed E-state index contributed by atoms with van der Waals surface area (Å²) in [6.07, 6.45) is 2.10. The fourth-order valence-electron chi connectivity index (χ4n) is 2.61. The monoisotopic (exact) mass is 226 g/mol. The minimum atomic E-state index is -0.205. The van der Waals surface area contributed by atoms with E-state index in [1.807, 2.05) is 4.90 Å². The van der Waals surface area contributed by atoms with Gasteiger partial charge >= 0.3 is 0 Å². The Hall–Kier alpha value is -0.610. The average Bonchev–Trinajstić information content (AvgIpc) is 2.30. The second-order valence-electron chi connectivity index (χ2n) is 5.26. The number of nitrogens with zero attached hydrogens (tertiary/aromatic N) is 1. The van der Waals surface area contributed by atoms with Crippen molar-refractivity contribution in [2.45, 2.75) is 32.7 Å². The molecule has 2 aliphatic heterocycles. The number of nitrogens with one attached hydrogen (secondary N) is 1. The van der Waals surface area contributed by atoms with E-state index < -0.39 is 0 Å². The van der Waals surface area contributed by atoms with Gasteiger partial charge in [0.05, 0.1) is 24.7 Å². The summed E-state index contributed by atoms with van der Waals surface area (Å²) in [7, 11) is 0. The molecule has 0 radical (unpaired) electrons. The van der Waals surface area contributed by atoms with Crippen molar-refractivity contribution in [2.75, 3.05) is 32.8 Å². The van der Waals surface area contributed by atoms with Crippen molar-refractivity contribution in [1.82, 2.24) is 10.2 Å². The van der Waals surface area contributed by atoms with Crippen LogP contribution in [0.5, 0.6) is 0 Å². The molecule has 16 heavy (non-hydrogen) atoms. The maximum absolute atomic E-state index is 12.5. The Bertz CT molecular complexity index is 262. The van der Waals surface area contributed by atoms with Crippen molar-refractivity contribution < 1.29 is 9.53 Å². The van der Waals surface area contributed by atoms with Crippen LogP contribution in [0.15, 0.2) is 0 Å². The maximum Gasteiger partial charge on any atom is 0.230 e. The number of rotatable bonds is 1. The van der Waals surface area contributed by atoms with Crippen LogP contribution >= 0.6 is 0 Å². The van der Waals surface area contributed by atoms with Crippen molar-refractivity contribution >= 4 is 5.91 Å². The minimum Gasteiger partial charge on any atom is -0.377 e. The summed E-state index contributed by atoms with van der Waals surface area (Å²) in [4.78, 5) is 14.5. The van der Waals surface area contributed by atoms with Crippen LogP contribution in [-0.2, 0) is 9.53 Å². The number of hydrogen-bond donors (Lipinski definition) is 1. The first-order valence-electron chi connectivity index (χ1n) is 6.23. The SMILES string of the molecule is C[C@@H]1COCCN1C(=O)C1(C)CCCNC1. The van der Waals surface area contributed by atoms with Crippen molar-refractivity contribution in [3.8, 4) is 0 Å². The van der Waals surface area contributed by atoms with Crippen LogP contribution in [0, 0.1) is 5.41 Å². The van der Waals surface area contributed by atoms with Gasteiger partial charge in [-0.1, -0.05) is 0 Å². The van der Waals surface area contributed by atoms with Crippen molar-refractivity contribution in [2.24, 2.45) is 5.41 Å². The second-order valence-corrected chi connectivity index (χ2v) is 5.26. The van der Waals surface area contributed by atoms with E-state index >= 15 is 0 Å². The van der Waals surface area contributed by atoms with Gasteiger partial charge in [0.25, 0.3) is 0 Å². The Kier molecular flexibility index (Phi) is 3.50. The number of carbonyl (C=O) groups is 1. The van der Waals surface area contributed by atoms with Crippen molar-refractivity contribution in [1.29, 1.82) is 0 Å². The third-order valence-corrected chi connectivity index (χ3v) is 3.74. The molecule has 2 saturated heterocycles. The molecule has 92 valence electrons. The Morgan fingerprint density at radius 1 is 1.56 bits per heavy atom. The first-order valence-corrected chi connectivity index (χ1v) is 6.23. The molecular formula is C12H22N2O2. The molecule has 2 rings (SSSR count). The molecule has 0 aromatic carbocycles. The highest BCUT2D eigenvalue weighted by molar-refractivity contribution is 5.83. The molecule has 0 aromatic rings. The minimum absolute atomic E-state index is 0.205. The summed E-state index contributed by atoms with van der Waals surface area (Å²) in [6, 6.07) is 0.222. The maximum atomic E-state index is 12.5. The zero-order chi connectivity index (χ0) is 11.6. The van der Waals surface area contributed by atoms with Crippen LogP contribution in [0.1, 0.15) is 26.7 Å². The number of amides is 1. The van der Waals surface area contributed by atoms with E-state index in [0.29, 0.717) is 19.1 Å². The molecule has 2 heterocycles. The van der Waals surface area contributed by atoms with Crippen molar-refractivity contribution in [3.05, 3.63) is 0 Å². The quantitative estimate of drug-likeness (QED) is 0.713. The first-order chi connectivity index (χ1) is 7.63. The Morgan fingerprint density at radius 2 is 2.38 bits per heavy atom. The van der Waals surface area contributed by atoms with E-state index in [9.17, 15) is 4.79 Å². The van der Waals surface area contributed by atoms with E-state index in [1.54, 1.807) is 0 Å². The molecule has 1 amide bonds. The lowest BCUT2D eigenvalue weighted by Crippen LogP contribution is -2.56. The average molecular weight is 226 g/mol. The zero-order valence-corrected chi connectivity index (χ0v) is 10.3. The standard InChI is InChI=1S/C12H22N2O2/c1-10-8-16-7-6-14(10)11(15)12(2)4-3-5-13-9-12/h10,13H,3-9H2,1-2H3/t10-,12?/m1/s1. The van der Waals surface area contributed by atoms with Crippen LogP contribution < -0.4 is 5.32 Å². The van der Waals surface area contributed by atoms with E-state index in [1.165, 1.54) is 0 Å². The van der Waals surface area contributed by atoms with Gasteiger partial charge in [-0.3, -0.25) is 4.79 Å². The lowest BCUT2D eigenvalue weighted by molar-refractivity contribution is -0.150. The summed E-state index contributed by atoms with van der Waals surface area (Å²) in [6.45, 7) is 8.11. The Balaban J connectivity index is 2.04. The van der Waals surface area contributed by atoms with Crippen LogP contribution in [0.25, 0.3) is 0 Å². The van der Waals surface area contributed by atoms with Crippen molar-refractivity contribution in [3.63, 3.8) is 0 Å². The topological polar surface area (TPSA) is 41.6 Å². The lowest BCUT2D eigenvalue weighted by Gasteiger charge is -2.41. The highest BCUT2D eigenvalue weighted by Crippen LogP contribution is 2.29. The number of piperidine rings is 1. The van der Waals surface area contributed by atoms with Gasteiger partial charge in [0.1, 0.15) is 0 Å². The molecule has 0 saturated carbocycles. The van der Waals surface area contributed by atoms with Gasteiger partial charge in [-0.25, -0.2) is 0 Å². The van der Waals surface area contributed by atoms with Crippen LogP contribution in [0.4, 0.5) is 0 Å². The van der Waals surface area contributed by atoms with Gasteiger partial charge in [0.2, 0.25) is 5.91 Å². The van der Waals surface area contributed by atoms with Crippen LogP contribution in [0.2, 0.25) is 0 Å². The molecule has 4 heteroatoms. The van der Waals surface area contributed by atoms with Gasteiger partial charge < -0.3 is 15.0 Å². The number of carbonyl (C=O) groups excluding carboxylic acids is 1. The predicted molar refractivity (Wildman–Crippen MR) is 62.2 cm³/mol. The predicted octanol–water partition coefficient (Wildman–Crippen LogP) is 0.623. The van der Waals surface area contributed by atoms with Gasteiger partial charge in [-0.15, -0.1) is 0 Å². The second kappa shape index (κ2) is 4.72. The van der Waals surface area contributed by atoms with E-state index in [0.717, 1.165) is 32.5 Å². The summed E-state index contributed by atoms with van der Waals surface area (Å²) < 4.78 is 5.37. The molecule has 2 atom stereocenters. The Labute approximate surface area is 97.3 Å². The van der Waals surface area contributed by atoms with Crippen LogP contribution in [0.3, 0.4) is 0 Å². The van der Waals surface area contributed by atoms with E-state index in [-0.39, 0.29) is 11.5 Å². The van der Waals surface area contributed by atoms with Crippen LogP contribution in [-0.4, -0.2) is 49.7 Å². The third-order valence-electron chi connectivity index (χ3n) is 3.74. The summed E-state index contributed by atoms with van der Waals surface area (Å²) in [5, 5.41) is 3.33. The molecule has 0 aliphatic carbocycles. The highest BCUT2D eigenvalue weighted by Gasteiger charge is 2.39. The number of morpholine rings is 1. The summed E-state index contributed by atoms with van der Waals surface area (Å²) in [5.41, 5.74) is -0.205. The largest absolute Gasteiger partial charge is 0.377 e. The van der Waals surface area contributed by atoms with E-state index in [2.05, 4.69) is 19.2 Å². The smallest absolute Gasteiger partial charge is 0.230 e. The molecule has 0 bridgehead atoms. The number of ether oxygens (including phenoxy) is 1. The normalized spacial score (nSPS) is 36.1. The molecule has 2 fully saturated rings. The molecule has 1 unspecified atom stereocenters. The highest BCUT2D eigenvalue weighted by atomic mass is 16.5. The van der Waals surface area contributed by atoms with Gasteiger partial charge in [0, 0.05) is 13.1 Å². The fraction of sp³-hybridized carbons (Fsp3) is 0.917. The Morgan fingerprint density at radius 3 is 3.00 bits per heavy atom. The summed E-state index contributed by atoms with van der Waals surface area (Å²) >= 11 is 0. The molecule has 0 aromatic heterocycles. The first kappa shape index (κ1) is 11.9. The van der Waals surface area contributed by atoms with Gasteiger partial charge in [-0.05, 0) is 33.2 Å². The zero-order valence-electron chi connectivity index (χ0n) is 10.3. The fourth-order valence-corrected chi connectivity index (χ4v) is 2.61. The lowest BCUT2D eigenvalue weighted by atomic mass is 9.81. The van der Waals surface area contributed by atoms with Gasteiger partial charge in [-0.2, -0.15) is 0 Å². The molecule has 2 aliphatic rings. The summed E-state index contributed by atoms with van der Waals surface area (Å²) in [5.74, 6) is 0.301. The molecule has 0 spiro atoms. The van der Waals surface area contributed by atoms with E-state index in [4.69, 9.17) is 4.74 Å². The molecular weight excluding hydrogens is 204 g/mol. The van der Waals surface area contributed by atoms with Gasteiger partial charge in [0.15, 0.2) is 0 Å².